The molecule has 0 bridgehead atoms. The standard InChI is InChI=1S/C14H16N2O2/c1-8-5-9(2)13-10(6-8)11(15-3)7-12(16-13)14(17)18-4/h5-7H,1-4H3,(H,15,16). The number of carbonyl (C=O) groups is 1. The van der Waals surface area contributed by atoms with Gasteiger partial charge in [-0.25, -0.2) is 9.78 Å². The molecule has 0 fully saturated rings. The lowest BCUT2D eigenvalue weighted by atomic mass is 10.0. The Bertz CT molecular complexity index is 621. The van der Waals surface area contributed by atoms with Crippen LogP contribution in [0.25, 0.3) is 10.9 Å². The fourth-order valence-electron chi connectivity index (χ4n) is 2.10. The van der Waals surface area contributed by atoms with Crippen LogP contribution in [-0.4, -0.2) is 25.1 Å². The summed E-state index contributed by atoms with van der Waals surface area (Å²) in [4.78, 5) is 16.0. The van der Waals surface area contributed by atoms with Crippen LogP contribution in [0.5, 0.6) is 0 Å². The average molecular weight is 244 g/mol. The molecule has 0 atom stereocenters. The first-order valence-corrected chi connectivity index (χ1v) is 5.75. The Hall–Kier alpha value is -2.10. The maximum absolute atomic E-state index is 11.6. The molecule has 18 heavy (non-hydrogen) atoms. The van der Waals surface area contributed by atoms with Crippen molar-refractivity contribution in [3.8, 4) is 0 Å². The Kier molecular flexibility index (Phi) is 3.19. The van der Waals surface area contributed by atoms with Crippen LogP contribution in [0.15, 0.2) is 18.2 Å². The first-order valence-electron chi connectivity index (χ1n) is 5.75. The molecule has 4 heteroatoms. The van der Waals surface area contributed by atoms with Gasteiger partial charge in [0.15, 0.2) is 5.69 Å². The van der Waals surface area contributed by atoms with E-state index in [1.54, 1.807) is 6.07 Å². The fourth-order valence-corrected chi connectivity index (χ4v) is 2.10. The van der Waals surface area contributed by atoms with Crippen LogP contribution in [0.3, 0.4) is 0 Å². The number of pyridine rings is 1. The Balaban J connectivity index is 2.79. The second kappa shape index (κ2) is 4.64. The Morgan fingerprint density at radius 2 is 2.00 bits per heavy atom. The largest absolute Gasteiger partial charge is 0.464 e. The molecule has 4 nitrogen and oxygen atoms in total. The molecule has 0 radical (unpaired) electrons. The topological polar surface area (TPSA) is 51.2 Å². The van der Waals surface area contributed by atoms with Crippen LogP contribution in [0.4, 0.5) is 5.69 Å². The molecule has 1 N–H and O–H groups in total. The maximum Gasteiger partial charge on any atom is 0.356 e. The number of rotatable bonds is 2. The zero-order valence-corrected chi connectivity index (χ0v) is 11.0. The molecule has 1 heterocycles. The van der Waals surface area contributed by atoms with Crippen molar-refractivity contribution in [3.63, 3.8) is 0 Å². The highest BCUT2D eigenvalue weighted by Crippen LogP contribution is 2.27. The van der Waals surface area contributed by atoms with Crippen molar-refractivity contribution in [3.05, 3.63) is 35.0 Å². The number of fused-ring (bicyclic) bond motifs is 1. The minimum absolute atomic E-state index is 0.321. The van der Waals surface area contributed by atoms with Gasteiger partial charge < -0.3 is 10.1 Å². The molecule has 0 amide bonds. The number of ether oxygens (including phenoxy) is 1. The highest BCUT2D eigenvalue weighted by Gasteiger charge is 2.13. The molecule has 0 saturated heterocycles. The van der Waals surface area contributed by atoms with Crippen molar-refractivity contribution in [2.45, 2.75) is 13.8 Å². The van der Waals surface area contributed by atoms with E-state index in [9.17, 15) is 4.79 Å². The monoisotopic (exact) mass is 244 g/mol. The maximum atomic E-state index is 11.6. The van der Waals surface area contributed by atoms with Crippen molar-refractivity contribution >= 4 is 22.6 Å². The highest BCUT2D eigenvalue weighted by atomic mass is 16.5. The first kappa shape index (κ1) is 12.4. The van der Waals surface area contributed by atoms with Gasteiger partial charge in [0.1, 0.15) is 0 Å². The van der Waals surface area contributed by atoms with Crippen LogP contribution in [-0.2, 0) is 4.74 Å². The van der Waals surface area contributed by atoms with Crippen molar-refractivity contribution < 1.29 is 9.53 Å². The van der Waals surface area contributed by atoms with Crippen LogP contribution in [0.2, 0.25) is 0 Å². The lowest BCUT2D eigenvalue weighted by molar-refractivity contribution is 0.0594. The number of methoxy groups -OCH3 is 1. The van der Waals surface area contributed by atoms with Crippen LogP contribution in [0.1, 0.15) is 21.6 Å². The van der Waals surface area contributed by atoms with Gasteiger partial charge in [0.05, 0.1) is 12.6 Å². The van der Waals surface area contributed by atoms with E-state index in [0.29, 0.717) is 5.69 Å². The molecule has 0 aliphatic carbocycles. The van der Waals surface area contributed by atoms with E-state index in [2.05, 4.69) is 22.4 Å². The first-order chi connectivity index (χ1) is 8.56. The number of aromatic nitrogens is 1. The van der Waals surface area contributed by atoms with E-state index >= 15 is 0 Å². The molecular formula is C14H16N2O2. The molecule has 94 valence electrons. The predicted octanol–water partition coefficient (Wildman–Crippen LogP) is 2.68. The predicted molar refractivity (Wildman–Crippen MR) is 72.1 cm³/mol. The van der Waals surface area contributed by atoms with Gasteiger partial charge in [-0.1, -0.05) is 11.6 Å². The van der Waals surface area contributed by atoms with Gasteiger partial charge in [0, 0.05) is 18.1 Å². The molecule has 2 rings (SSSR count). The number of hydrogen-bond acceptors (Lipinski definition) is 4. The van der Waals surface area contributed by atoms with Gasteiger partial charge in [-0.3, -0.25) is 0 Å². The number of anilines is 1. The summed E-state index contributed by atoms with van der Waals surface area (Å²) in [5.74, 6) is -0.423. The molecule has 1 aromatic carbocycles. The third-order valence-electron chi connectivity index (χ3n) is 2.91. The Morgan fingerprint density at radius 3 is 2.61 bits per heavy atom. The minimum Gasteiger partial charge on any atom is -0.464 e. The van der Waals surface area contributed by atoms with Crippen LogP contribution >= 0.6 is 0 Å². The van der Waals surface area contributed by atoms with Crippen LogP contribution in [0, 0.1) is 13.8 Å². The number of hydrogen-bond donors (Lipinski definition) is 1. The summed E-state index contributed by atoms with van der Waals surface area (Å²) in [5, 5.41) is 4.11. The Labute approximate surface area is 106 Å². The summed E-state index contributed by atoms with van der Waals surface area (Å²) < 4.78 is 4.72. The van der Waals surface area contributed by atoms with E-state index in [0.717, 1.165) is 22.2 Å². The summed E-state index contributed by atoms with van der Waals surface area (Å²) in [6.07, 6.45) is 0. The van der Waals surface area contributed by atoms with E-state index < -0.39 is 5.97 Å². The van der Waals surface area contributed by atoms with E-state index in [1.165, 1.54) is 12.7 Å². The van der Waals surface area contributed by atoms with Crippen molar-refractivity contribution in [1.82, 2.24) is 4.98 Å². The molecule has 0 unspecified atom stereocenters. The second-order valence-electron chi connectivity index (χ2n) is 4.27. The minimum atomic E-state index is -0.423. The molecule has 0 aliphatic heterocycles. The molecule has 0 spiro atoms. The smallest absolute Gasteiger partial charge is 0.356 e. The molecule has 0 saturated carbocycles. The summed E-state index contributed by atoms with van der Waals surface area (Å²) in [6, 6.07) is 5.82. The summed E-state index contributed by atoms with van der Waals surface area (Å²) in [5.41, 5.74) is 4.25. The van der Waals surface area contributed by atoms with E-state index in [1.807, 2.05) is 20.9 Å². The third-order valence-corrected chi connectivity index (χ3v) is 2.91. The summed E-state index contributed by atoms with van der Waals surface area (Å²) in [7, 11) is 3.18. The molecule has 2 aromatic rings. The van der Waals surface area contributed by atoms with Crippen molar-refractivity contribution in [1.29, 1.82) is 0 Å². The van der Waals surface area contributed by atoms with Gasteiger partial charge in [-0.2, -0.15) is 0 Å². The van der Waals surface area contributed by atoms with Gasteiger partial charge in [0.25, 0.3) is 0 Å². The van der Waals surface area contributed by atoms with Gasteiger partial charge in [0.2, 0.25) is 0 Å². The third kappa shape index (κ3) is 2.01. The molecule has 0 aliphatic rings. The number of aryl methyl sites for hydroxylation is 2. The van der Waals surface area contributed by atoms with Crippen LogP contribution < -0.4 is 5.32 Å². The van der Waals surface area contributed by atoms with Crippen molar-refractivity contribution in [2.75, 3.05) is 19.5 Å². The molecular weight excluding hydrogens is 228 g/mol. The zero-order chi connectivity index (χ0) is 13.3. The van der Waals surface area contributed by atoms with Crippen molar-refractivity contribution in [2.24, 2.45) is 0 Å². The van der Waals surface area contributed by atoms with Gasteiger partial charge in [-0.15, -0.1) is 0 Å². The number of benzene rings is 1. The number of nitrogens with zero attached hydrogens (tertiary/aromatic N) is 1. The lowest BCUT2D eigenvalue weighted by Crippen LogP contribution is -2.06. The Morgan fingerprint density at radius 1 is 1.28 bits per heavy atom. The second-order valence-corrected chi connectivity index (χ2v) is 4.27. The summed E-state index contributed by atoms with van der Waals surface area (Å²) in [6.45, 7) is 4.03. The SMILES string of the molecule is CNc1cc(C(=O)OC)nc2c(C)cc(C)cc12. The number of nitrogens with one attached hydrogen (secondary N) is 1. The highest BCUT2D eigenvalue weighted by molar-refractivity contribution is 5.99. The average Bonchev–Trinajstić information content (AvgIpc) is 2.36. The van der Waals surface area contributed by atoms with E-state index in [4.69, 9.17) is 4.74 Å². The van der Waals surface area contributed by atoms with E-state index in [-0.39, 0.29) is 0 Å². The number of carbonyl (C=O) groups excluding carboxylic acids is 1. The zero-order valence-electron chi connectivity index (χ0n) is 11.0. The van der Waals surface area contributed by atoms with Gasteiger partial charge >= 0.3 is 5.97 Å². The fraction of sp³-hybridized carbons (Fsp3) is 0.286. The quantitative estimate of drug-likeness (QED) is 0.825. The summed E-state index contributed by atoms with van der Waals surface area (Å²) >= 11 is 0. The normalized spacial score (nSPS) is 10.4. The lowest BCUT2D eigenvalue weighted by Gasteiger charge is -2.11. The number of esters is 1. The van der Waals surface area contributed by atoms with Gasteiger partial charge in [-0.05, 0) is 31.5 Å². The molecule has 1 aromatic heterocycles.